The van der Waals surface area contributed by atoms with Crippen molar-refractivity contribution in [1.82, 2.24) is 4.98 Å². The molecule has 1 fully saturated rings. The molecule has 1 aromatic rings. The Bertz CT molecular complexity index is 437. The van der Waals surface area contributed by atoms with Gasteiger partial charge in [-0.15, -0.1) is 11.3 Å². The standard InChI is InChI=1S/C15H24N2O2S/c1-4-19-14(18)9-13-10-20-15(16-13)17-7-5-12(6-8-17)11(2)3/h10-12H,4-9H2,1-3H3. The van der Waals surface area contributed by atoms with Gasteiger partial charge in [0.25, 0.3) is 0 Å². The number of hydrogen-bond donors (Lipinski definition) is 0. The average molecular weight is 296 g/mol. The van der Waals surface area contributed by atoms with Crippen LogP contribution in [-0.4, -0.2) is 30.6 Å². The number of thiazole rings is 1. The van der Waals surface area contributed by atoms with E-state index < -0.39 is 0 Å². The quantitative estimate of drug-likeness (QED) is 0.783. The van der Waals surface area contributed by atoms with Crippen molar-refractivity contribution in [2.24, 2.45) is 11.8 Å². The van der Waals surface area contributed by atoms with Crippen LogP contribution in [-0.2, 0) is 16.0 Å². The highest BCUT2D eigenvalue weighted by atomic mass is 32.1. The van der Waals surface area contributed by atoms with Crippen LogP contribution in [0.4, 0.5) is 5.13 Å². The molecule has 0 N–H and O–H groups in total. The van der Waals surface area contributed by atoms with Crippen LogP contribution in [0, 0.1) is 11.8 Å². The highest BCUT2D eigenvalue weighted by Gasteiger charge is 2.23. The van der Waals surface area contributed by atoms with Gasteiger partial charge in [0, 0.05) is 18.5 Å². The first-order valence-corrected chi connectivity index (χ1v) is 8.33. The number of esters is 1. The number of ether oxygens (including phenoxy) is 1. The first kappa shape index (κ1) is 15.3. The molecule has 2 rings (SSSR count). The predicted octanol–water partition coefficient (Wildman–Crippen LogP) is 3.12. The number of piperidine rings is 1. The summed E-state index contributed by atoms with van der Waals surface area (Å²) in [7, 11) is 0. The van der Waals surface area contributed by atoms with E-state index in [4.69, 9.17) is 4.74 Å². The van der Waals surface area contributed by atoms with E-state index in [9.17, 15) is 4.79 Å². The lowest BCUT2D eigenvalue weighted by atomic mass is 9.87. The molecule has 0 amide bonds. The summed E-state index contributed by atoms with van der Waals surface area (Å²) in [5, 5.41) is 3.02. The molecule has 0 aliphatic carbocycles. The fourth-order valence-corrected chi connectivity index (χ4v) is 3.52. The van der Waals surface area contributed by atoms with Crippen LogP contribution >= 0.6 is 11.3 Å². The summed E-state index contributed by atoms with van der Waals surface area (Å²) in [4.78, 5) is 18.4. The van der Waals surface area contributed by atoms with Gasteiger partial charge in [-0.3, -0.25) is 4.79 Å². The van der Waals surface area contributed by atoms with E-state index in [0.717, 1.165) is 35.8 Å². The first-order chi connectivity index (χ1) is 9.60. The van der Waals surface area contributed by atoms with E-state index in [0.29, 0.717) is 6.61 Å². The number of hydrogen-bond acceptors (Lipinski definition) is 5. The summed E-state index contributed by atoms with van der Waals surface area (Å²) in [6, 6.07) is 0. The van der Waals surface area contributed by atoms with Gasteiger partial charge < -0.3 is 9.64 Å². The molecule has 0 unspecified atom stereocenters. The summed E-state index contributed by atoms with van der Waals surface area (Å²) in [5.74, 6) is 1.42. The second kappa shape index (κ2) is 7.07. The molecule has 0 atom stereocenters. The van der Waals surface area contributed by atoms with Crippen molar-refractivity contribution in [3.8, 4) is 0 Å². The van der Waals surface area contributed by atoms with Gasteiger partial charge in [0.1, 0.15) is 0 Å². The molecule has 0 bridgehead atoms. The molecule has 1 aromatic heterocycles. The second-order valence-electron chi connectivity index (χ2n) is 5.67. The van der Waals surface area contributed by atoms with E-state index in [2.05, 4.69) is 23.7 Å². The van der Waals surface area contributed by atoms with Crippen LogP contribution in [0.3, 0.4) is 0 Å². The molecule has 4 nitrogen and oxygen atoms in total. The molecule has 0 aromatic carbocycles. The number of rotatable bonds is 5. The average Bonchev–Trinajstić information content (AvgIpc) is 2.87. The van der Waals surface area contributed by atoms with Crippen LogP contribution in [0.5, 0.6) is 0 Å². The fourth-order valence-electron chi connectivity index (χ4n) is 2.64. The lowest BCUT2D eigenvalue weighted by Crippen LogP contribution is -2.35. The zero-order valence-electron chi connectivity index (χ0n) is 12.6. The highest BCUT2D eigenvalue weighted by molar-refractivity contribution is 7.13. The van der Waals surface area contributed by atoms with Crippen LogP contribution in [0.15, 0.2) is 5.38 Å². The Balaban J connectivity index is 1.88. The lowest BCUT2D eigenvalue weighted by Gasteiger charge is -2.33. The predicted molar refractivity (Wildman–Crippen MR) is 82.2 cm³/mol. The number of anilines is 1. The Labute approximate surface area is 125 Å². The maximum Gasteiger partial charge on any atom is 0.311 e. The maximum absolute atomic E-state index is 11.4. The van der Waals surface area contributed by atoms with Crippen molar-refractivity contribution >= 4 is 22.4 Å². The molecule has 112 valence electrons. The van der Waals surface area contributed by atoms with Gasteiger partial charge in [-0.1, -0.05) is 13.8 Å². The van der Waals surface area contributed by atoms with Crippen LogP contribution in [0.2, 0.25) is 0 Å². The zero-order valence-corrected chi connectivity index (χ0v) is 13.4. The third-order valence-electron chi connectivity index (χ3n) is 3.92. The Morgan fingerprint density at radius 3 is 2.80 bits per heavy atom. The topological polar surface area (TPSA) is 42.4 Å². The minimum Gasteiger partial charge on any atom is -0.466 e. The van der Waals surface area contributed by atoms with Crippen LogP contribution in [0.25, 0.3) is 0 Å². The first-order valence-electron chi connectivity index (χ1n) is 7.45. The van der Waals surface area contributed by atoms with Crippen molar-refractivity contribution in [2.75, 3.05) is 24.6 Å². The summed E-state index contributed by atoms with van der Waals surface area (Å²) >= 11 is 1.63. The van der Waals surface area contributed by atoms with Gasteiger partial charge >= 0.3 is 5.97 Å². The number of carbonyl (C=O) groups is 1. The minimum atomic E-state index is -0.192. The molecule has 0 spiro atoms. The number of aromatic nitrogens is 1. The van der Waals surface area contributed by atoms with Gasteiger partial charge in [-0.05, 0) is 31.6 Å². The summed E-state index contributed by atoms with van der Waals surface area (Å²) in [6.45, 7) is 9.02. The Kier molecular flexibility index (Phi) is 5.40. The monoisotopic (exact) mass is 296 g/mol. The molecule has 1 aliphatic heterocycles. The van der Waals surface area contributed by atoms with Gasteiger partial charge in [0.2, 0.25) is 0 Å². The van der Waals surface area contributed by atoms with Gasteiger partial charge in [0.05, 0.1) is 18.7 Å². The van der Waals surface area contributed by atoms with Gasteiger partial charge in [0.15, 0.2) is 5.13 Å². The van der Waals surface area contributed by atoms with Crippen LogP contribution in [0.1, 0.15) is 39.3 Å². The van der Waals surface area contributed by atoms with Crippen molar-refractivity contribution in [2.45, 2.75) is 40.0 Å². The molecule has 20 heavy (non-hydrogen) atoms. The van der Waals surface area contributed by atoms with E-state index in [1.807, 2.05) is 12.3 Å². The highest BCUT2D eigenvalue weighted by Crippen LogP contribution is 2.29. The molecule has 1 saturated heterocycles. The third kappa shape index (κ3) is 3.95. The minimum absolute atomic E-state index is 0.192. The summed E-state index contributed by atoms with van der Waals surface area (Å²) < 4.78 is 4.95. The molecule has 5 heteroatoms. The Morgan fingerprint density at radius 2 is 2.20 bits per heavy atom. The SMILES string of the molecule is CCOC(=O)Cc1csc(N2CCC(C(C)C)CC2)n1. The van der Waals surface area contributed by atoms with E-state index >= 15 is 0 Å². The largest absolute Gasteiger partial charge is 0.466 e. The van der Waals surface area contributed by atoms with Gasteiger partial charge in [-0.25, -0.2) is 4.98 Å². The number of carbonyl (C=O) groups excluding carboxylic acids is 1. The third-order valence-corrected chi connectivity index (χ3v) is 4.87. The molecule has 0 radical (unpaired) electrons. The van der Waals surface area contributed by atoms with Gasteiger partial charge in [-0.2, -0.15) is 0 Å². The maximum atomic E-state index is 11.4. The summed E-state index contributed by atoms with van der Waals surface area (Å²) in [6.07, 6.45) is 2.77. The van der Waals surface area contributed by atoms with E-state index in [-0.39, 0.29) is 12.4 Å². The second-order valence-corrected chi connectivity index (χ2v) is 6.51. The van der Waals surface area contributed by atoms with Crippen molar-refractivity contribution in [3.05, 3.63) is 11.1 Å². The number of nitrogens with zero attached hydrogens (tertiary/aromatic N) is 2. The molecule has 1 aliphatic rings. The summed E-state index contributed by atoms with van der Waals surface area (Å²) in [5.41, 5.74) is 0.828. The lowest BCUT2D eigenvalue weighted by molar-refractivity contribution is -0.142. The fraction of sp³-hybridized carbons (Fsp3) is 0.733. The smallest absolute Gasteiger partial charge is 0.311 e. The van der Waals surface area contributed by atoms with E-state index in [1.54, 1.807) is 11.3 Å². The van der Waals surface area contributed by atoms with Crippen molar-refractivity contribution in [3.63, 3.8) is 0 Å². The zero-order chi connectivity index (χ0) is 14.5. The molecule has 0 saturated carbocycles. The van der Waals surface area contributed by atoms with Crippen molar-refractivity contribution < 1.29 is 9.53 Å². The Morgan fingerprint density at radius 1 is 1.50 bits per heavy atom. The molecular weight excluding hydrogens is 272 g/mol. The van der Waals surface area contributed by atoms with Crippen molar-refractivity contribution in [1.29, 1.82) is 0 Å². The normalized spacial score (nSPS) is 16.7. The van der Waals surface area contributed by atoms with E-state index in [1.165, 1.54) is 12.8 Å². The van der Waals surface area contributed by atoms with Crippen LogP contribution < -0.4 is 4.90 Å². The molecular formula is C15H24N2O2S. The molecule has 2 heterocycles. The Hall–Kier alpha value is -1.10.